The van der Waals surface area contributed by atoms with Crippen molar-refractivity contribution < 1.29 is 19.0 Å². The second-order valence-corrected chi connectivity index (χ2v) is 6.41. The Kier molecular flexibility index (Phi) is 4.91. The third kappa shape index (κ3) is 3.78. The number of ether oxygens (including phenoxy) is 1. The molecule has 0 saturated carbocycles. The van der Waals surface area contributed by atoms with E-state index in [0.29, 0.717) is 23.4 Å². The summed E-state index contributed by atoms with van der Waals surface area (Å²) in [7, 11) is 0. The number of benzene rings is 2. The number of aromatic carboxylic acids is 1. The number of rotatable bonds is 5. The number of carboxylic acids is 1. The maximum atomic E-state index is 13.5. The zero-order valence-electron chi connectivity index (χ0n) is 15.6. The maximum absolute atomic E-state index is 13.5. The molecule has 0 aliphatic rings. The molecule has 0 aliphatic heterocycles. The first-order valence-electron chi connectivity index (χ1n) is 9.08. The van der Waals surface area contributed by atoms with Gasteiger partial charge < -0.3 is 9.84 Å². The second kappa shape index (κ2) is 7.67. The summed E-state index contributed by atoms with van der Waals surface area (Å²) in [5, 5.41) is 9.79. The number of carbonyl (C=O) groups is 1. The highest BCUT2D eigenvalue weighted by molar-refractivity contribution is 6.03. The number of pyridine rings is 2. The highest BCUT2D eigenvalue weighted by Crippen LogP contribution is 2.27. The van der Waals surface area contributed by atoms with Gasteiger partial charge in [0.05, 0.1) is 29.1 Å². The average Bonchev–Trinajstić information content (AvgIpc) is 2.74. The molecule has 4 rings (SSSR count). The quantitative estimate of drug-likeness (QED) is 0.509. The molecule has 0 fully saturated rings. The van der Waals surface area contributed by atoms with E-state index in [1.54, 1.807) is 6.20 Å². The third-order valence-electron chi connectivity index (χ3n) is 4.52. The van der Waals surface area contributed by atoms with E-state index in [2.05, 4.69) is 9.97 Å². The number of carboxylic acid groups (broad SMARTS) is 1. The summed E-state index contributed by atoms with van der Waals surface area (Å²) < 4.78 is 19.0. The van der Waals surface area contributed by atoms with Crippen molar-refractivity contribution in [2.45, 2.75) is 6.92 Å². The highest BCUT2D eigenvalue weighted by Gasteiger charge is 2.14. The fourth-order valence-electron chi connectivity index (χ4n) is 3.13. The van der Waals surface area contributed by atoms with E-state index in [9.17, 15) is 14.3 Å². The van der Waals surface area contributed by atoms with Crippen molar-refractivity contribution in [2.75, 3.05) is 6.61 Å². The molecule has 0 spiro atoms. The first kappa shape index (κ1) is 18.6. The molecule has 1 N–H and O–H groups in total. The van der Waals surface area contributed by atoms with E-state index in [4.69, 9.17) is 4.74 Å². The molecular weight excluding hydrogens is 371 g/mol. The second-order valence-electron chi connectivity index (χ2n) is 6.41. The van der Waals surface area contributed by atoms with E-state index in [1.165, 1.54) is 24.3 Å². The molecule has 6 heteroatoms. The lowest BCUT2D eigenvalue weighted by Gasteiger charge is -2.08. The first-order chi connectivity index (χ1) is 14.0. The van der Waals surface area contributed by atoms with Crippen LogP contribution in [0.1, 0.15) is 17.3 Å². The Labute approximate surface area is 166 Å². The topological polar surface area (TPSA) is 72.3 Å². The van der Waals surface area contributed by atoms with E-state index >= 15 is 0 Å². The Morgan fingerprint density at radius 1 is 1.00 bits per heavy atom. The first-order valence-corrected chi connectivity index (χ1v) is 9.08. The summed E-state index contributed by atoms with van der Waals surface area (Å²) in [6, 6.07) is 16.7. The fraction of sp³-hybridized carbons (Fsp3) is 0.0870. The summed E-state index contributed by atoms with van der Waals surface area (Å²) in [6.45, 7) is 2.54. The van der Waals surface area contributed by atoms with Crippen molar-refractivity contribution in [1.82, 2.24) is 9.97 Å². The van der Waals surface area contributed by atoms with Crippen LogP contribution in [0.15, 0.2) is 66.9 Å². The van der Waals surface area contributed by atoms with Gasteiger partial charge in [0.2, 0.25) is 0 Å². The SMILES string of the molecule is CCOc1ccc(-c2ccc(-c3cc(C(=O)O)c4cc(F)ccc4n3)cn2)cc1. The van der Waals surface area contributed by atoms with E-state index in [-0.39, 0.29) is 10.9 Å². The summed E-state index contributed by atoms with van der Waals surface area (Å²) in [5.41, 5.74) is 3.27. The van der Waals surface area contributed by atoms with Crippen molar-refractivity contribution in [3.8, 4) is 28.3 Å². The summed E-state index contributed by atoms with van der Waals surface area (Å²) in [6.07, 6.45) is 1.65. The van der Waals surface area contributed by atoms with E-state index in [0.717, 1.165) is 17.0 Å². The van der Waals surface area contributed by atoms with Gasteiger partial charge in [0.1, 0.15) is 11.6 Å². The fourth-order valence-corrected chi connectivity index (χ4v) is 3.13. The van der Waals surface area contributed by atoms with Gasteiger partial charge in [0, 0.05) is 22.7 Å². The average molecular weight is 388 g/mol. The number of hydrogen-bond acceptors (Lipinski definition) is 4. The van der Waals surface area contributed by atoms with Crippen molar-refractivity contribution in [2.24, 2.45) is 0 Å². The van der Waals surface area contributed by atoms with Crippen molar-refractivity contribution >= 4 is 16.9 Å². The lowest BCUT2D eigenvalue weighted by atomic mass is 10.0. The van der Waals surface area contributed by atoms with Gasteiger partial charge in [-0.2, -0.15) is 0 Å². The number of nitrogens with zero attached hydrogens (tertiary/aromatic N) is 2. The van der Waals surface area contributed by atoms with Crippen LogP contribution < -0.4 is 4.74 Å². The van der Waals surface area contributed by atoms with Crippen LogP contribution in [0.25, 0.3) is 33.4 Å². The maximum Gasteiger partial charge on any atom is 0.336 e. The van der Waals surface area contributed by atoms with Crippen molar-refractivity contribution in [1.29, 1.82) is 0 Å². The van der Waals surface area contributed by atoms with Gasteiger partial charge in [0.15, 0.2) is 0 Å². The lowest BCUT2D eigenvalue weighted by Crippen LogP contribution is -2.01. The van der Waals surface area contributed by atoms with Crippen LogP contribution in [0, 0.1) is 5.82 Å². The van der Waals surface area contributed by atoms with Crippen LogP contribution in [-0.4, -0.2) is 27.7 Å². The molecule has 0 radical (unpaired) electrons. The molecular formula is C23H17FN2O3. The smallest absolute Gasteiger partial charge is 0.336 e. The highest BCUT2D eigenvalue weighted by atomic mass is 19.1. The number of aromatic nitrogens is 2. The Bertz CT molecular complexity index is 1190. The molecule has 0 aliphatic carbocycles. The van der Waals surface area contributed by atoms with Gasteiger partial charge in [-0.15, -0.1) is 0 Å². The molecule has 144 valence electrons. The normalized spacial score (nSPS) is 10.8. The lowest BCUT2D eigenvalue weighted by molar-refractivity contribution is 0.0699. The molecule has 0 bridgehead atoms. The van der Waals surface area contributed by atoms with Crippen LogP contribution >= 0.6 is 0 Å². The van der Waals surface area contributed by atoms with Crippen LogP contribution in [0.2, 0.25) is 0 Å². The van der Waals surface area contributed by atoms with Gasteiger partial charge in [-0.1, -0.05) is 0 Å². The molecule has 0 saturated heterocycles. The van der Waals surface area contributed by atoms with Gasteiger partial charge in [-0.05, 0) is 67.6 Å². The predicted molar refractivity (Wildman–Crippen MR) is 108 cm³/mol. The van der Waals surface area contributed by atoms with Gasteiger partial charge >= 0.3 is 5.97 Å². The minimum atomic E-state index is -1.14. The number of halogens is 1. The Hall–Kier alpha value is -3.80. The Morgan fingerprint density at radius 2 is 1.76 bits per heavy atom. The minimum absolute atomic E-state index is 0.0000828. The molecule has 2 aromatic carbocycles. The molecule has 29 heavy (non-hydrogen) atoms. The molecule has 5 nitrogen and oxygen atoms in total. The molecule has 0 unspecified atom stereocenters. The summed E-state index contributed by atoms with van der Waals surface area (Å²) >= 11 is 0. The molecule has 2 heterocycles. The Morgan fingerprint density at radius 3 is 2.41 bits per heavy atom. The zero-order valence-corrected chi connectivity index (χ0v) is 15.6. The van der Waals surface area contributed by atoms with Crippen LogP contribution in [0.3, 0.4) is 0 Å². The largest absolute Gasteiger partial charge is 0.494 e. The van der Waals surface area contributed by atoms with E-state index in [1.807, 2.05) is 43.3 Å². The zero-order chi connectivity index (χ0) is 20.4. The van der Waals surface area contributed by atoms with Crippen LogP contribution in [0.4, 0.5) is 4.39 Å². The third-order valence-corrected chi connectivity index (χ3v) is 4.52. The van der Waals surface area contributed by atoms with Crippen molar-refractivity contribution in [3.05, 3.63) is 78.2 Å². The molecule has 0 atom stereocenters. The van der Waals surface area contributed by atoms with Gasteiger partial charge in [0.25, 0.3) is 0 Å². The van der Waals surface area contributed by atoms with Gasteiger partial charge in [-0.25, -0.2) is 14.2 Å². The standard InChI is InChI=1S/C23H17FN2O3/c1-2-29-17-7-3-14(4-8-17)20-9-5-15(13-25-20)22-12-19(23(27)28)18-11-16(24)6-10-21(18)26-22/h3-13H,2H2,1H3,(H,27,28). The molecule has 2 aromatic heterocycles. The van der Waals surface area contributed by atoms with Crippen LogP contribution in [0.5, 0.6) is 5.75 Å². The summed E-state index contributed by atoms with van der Waals surface area (Å²) in [5.74, 6) is -0.843. The Balaban J connectivity index is 1.71. The monoisotopic (exact) mass is 388 g/mol. The predicted octanol–water partition coefficient (Wildman–Crippen LogP) is 5.20. The van der Waals surface area contributed by atoms with E-state index < -0.39 is 11.8 Å². The minimum Gasteiger partial charge on any atom is -0.494 e. The molecule has 0 amide bonds. The van der Waals surface area contributed by atoms with Crippen LogP contribution in [-0.2, 0) is 0 Å². The molecule has 4 aromatic rings. The number of fused-ring (bicyclic) bond motifs is 1. The van der Waals surface area contributed by atoms with Crippen molar-refractivity contribution in [3.63, 3.8) is 0 Å². The summed E-state index contributed by atoms with van der Waals surface area (Å²) in [4.78, 5) is 20.6. The number of hydrogen-bond donors (Lipinski definition) is 1. The van der Waals surface area contributed by atoms with Gasteiger partial charge in [-0.3, -0.25) is 4.98 Å².